The topological polar surface area (TPSA) is 64.7 Å². The summed E-state index contributed by atoms with van der Waals surface area (Å²) < 4.78 is 0. The largest absolute Gasteiger partial charge is 0.369 e. The lowest BCUT2D eigenvalue weighted by Crippen LogP contribution is -2.44. The van der Waals surface area contributed by atoms with E-state index in [1.54, 1.807) is 0 Å². The molecule has 6 nitrogen and oxygen atoms in total. The highest BCUT2D eigenvalue weighted by Crippen LogP contribution is 2.25. The van der Waals surface area contributed by atoms with Gasteiger partial charge in [-0.1, -0.05) is 30.3 Å². The van der Waals surface area contributed by atoms with Crippen LogP contribution < -0.4 is 15.5 Å². The fraction of sp³-hybridized carbons (Fsp3) is 0.391. The van der Waals surface area contributed by atoms with Gasteiger partial charge in [-0.3, -0.25) is 9.59 Å². The van der Waals surface area contributed by atoms with E-state index in [9.17, 15) is 9.59 Å². The number of aryl methyl sites for hydroxylation is 1. The van der Waals surface area contributed by atoms with Gasteiger partial charge in [-0.25, -0.2) is 0 Å². The second kappa shape index (κ2) is 9.56. The Labute approximate surface area is 172 Å². The second-order valence-electron chi connectivity index (χ2n) is 7.71. The van der Waals surface area contributed by atoms with Crippen molar-refractivity contribution in [2.45, 2.75) is 26.3 Å². The molecule has 2 aromatic carbocycles. The molecule has 0 bridgehead atoms. The zero-order valence-corrected chi connectivity index (χ0v) is 17.4. The van der Waals surface area contributed by atoms with E-state index >= 15 is 0 Å². The number of hydrogen-bond acceptors (Lipinski definition) is 4. The van der Waals surface area contributed by atoms with Crippen LogP contribution in [0, 0.1) is 6.92 Å². The summed E-state index contributed by atoms with van der Waals surface area (Å²) in [5.41, 5.74) is 4.06. The van der Waals surface area contributed by atoms with Gasteiger partial charge < -0.3 is 20.4 Å². The maximum absolute atomic E-state index is 12.6. The third-order valence-electron chi connectivity index (χ3n) is 5.29. The molecule has 0 saturated carbocycles. The zero-order chi connectivity index (χ0) is 20.8. The van der Waals surface area contributed by atoms with Gasteiger partial charge in [0.05, 0.1) is 12.5 Å². The maximum Gasteiger partial charge on any atom is 0.226 e. The maximum atomic E-state index is 12.6. The Bertz CT molecular complexity index is 845. The minimum absolute atomic E-state index is 0.126. The SMILES string of the molecule is CC(=O)NC(CC(=O)Nc1ccc(N2CCN(C)CC2)c(C)c1)c1ccccc1. The summed E-state index contributed by atoms with van der Waals surface area (Å²) in [5.74, 6) is -0.279. The van der Waals surface area contributed by atoms with Crippen molar-refractivity contribution in [1.29, 1.82) is 0 Å². The summed E-state index contributed by atoms with van der Waals surface area (Å²) in [6.07, 6.45) is 0.183. The summed E-state index contributed by atoms with van der Waals surface area (Å²) >= 11 is 0. The van der Waals surface area contributed by atoms with Crippen molar-refractivity contribution in [3.8, 4) is 0 Å². The third kappa shape index (κ3) is 5.81. The van der Waals surface area contributed by atoms with E-state index < -0.39 is 0 Å². The summed E-state index contributed by atoms with van der Waals surface area (Å²) in [4.78, 5) is 28.9. The van der Waals surface area contributed by atoms with Crippen LogP contribution in [0.15, 0.2) is 48.5 Å². The van der Waals surface area contributed by atoms with E-state index in [1.165, 1.54) is 12.6 Å². The molecule has 154 valence electrons. The zero-order valence-electron chi connectivity index (χ0n) is 17.4. The van der Waals surface area contributed by atoms with Crippen LogP contribution in [0.4, 0.5) is 11.4 Å². The van der Waals surface area contributed by atoms with Crippen LogP contribution in [0.5, 0.6) is 0 Å². The number of nitrogens with one attached hydrogen (secondary N) is 2. The number of piperazine rings is 1. The van der Waals surface area contributed by atoms with Gasteiger partial charge in [0.15, 0.2) is 0 Å². The van der Waals surface area contributed by atoms with Crippen LogP contribution in [0.25, 0.3) is 0 Å². The number of rotatable bonds is 6. The second-order valence-corrected chi connectivity index (χ2v) is 7.71. The minimum atomic E-state index is -0.348. The monoisotopic (exact) mass is 394 g/mol. The first-order chi connectivity index (χ1) is 13.9. The molecule has 1 fully saturated rings. The molecule has 1 unspecified atom stereocenters. The molecule has 2 aromatic rings. The fourth-order valence-corrected chi connectivity index (χ4v) is 3.72. The van der Waals surface area contributed by atoms with Crippen molar-refractivity contribution in [2.75, 3.05) is 43.4 Å². The van der Waals surface area contributed by atoms with Gasteiger partial charge in [-0.05, 0) is 43.3 Å². The van der Waals surface area contributed by atoms with Crippen LogP contribution >= 0.6 is 0 Å². The number of likely N-dealkylation sites (N-methyl/N-ethyl adjacent to an activating group) is 1. The normalized spacial score (nSPS) is 15.6. The Balaban J connectivity index is 1.65. The standard InChI is InChI=1S/C23H30N4O2/c1-17-15-20(9-10-22(17)27-13-11-26(3)12-14-27)25-23(29)16-21(24-18(2)28)19-7-5-4-6-8-19/h4-10,15,21H,11-14,16H2,1-3H3,(H,24,28)(H,25,29). The molecule has 3 rings (SSSR count). The van der Waals surface area contributed by atoms with Crippen LogP contribution in [0.3, 0.4) is 0 Å². The molecule has 29 heavy (non-hydrogen) atoms. The predicted octanol–water partition coefficient (Wildman–Crippen LogP) is 2.95. The number of nitrogens with zero attached hydrogens (tertiary/aromatic N) is 2. The molecule has 0 spiro atoms. The van der Waals surface area contributed by atoms with Gasteiger partial charge >= 0.3 is 0 Å². The Morgan fingerprint density at radius 1 is 1.03 bits per heavy atom. The van der Waals surface area contributed by atoms with E-state index in [0.717, 1.165) is 43.0 Å². The highest BCUT2D eigenvalue weighted by atomic mass is 16.2. The molecule has 6 heteroatoms. The Morgan fingerprint density at radius 2 is 1.72 bits per heavy atom. The number of amides is 2. The smallest absolute Gasteiger partial charge is 0.226 e. The molecule has 1 heterocycles. The molecule has 2 amide bonds. The van der Waals surface area contributed by atoms with E-state index in [-0.39, 0.29) is 24.3 Å². The van der Waals surface area contributed by atoms with Crippen LogP contribution in [0.2, 0.25) is 0 Å². The first-order valence-electron chi connectivity index (χ1n) is 10.1. The molecule has 1 aliphatic heterocycles. The first-order valence-corrected chi connectivity index (χ1v) is 10.1. The molecule has 2 N–H and O–H groups in total. The fourth-order valence-electron chi connectivity index (χ4n) is 3.72. The van der Waals surface area contributed by atoms with E-state index in [4.69, 9.17) is 0 Å². The molecule has 1 atom stereocenters. The van der Waals surface area contributed by atoms with Gasteiger partial charge in [0.2, 0.25) is 11.8 Å². The van der Waals surface area contributed by atoms with Crippen molar-refractivity contribution in [2.24, 2.45) is 0 Å². The summed E-state index contributed by atoms with van der Waals surface area (Å²) in [5, 5.41) is 5.85. The molecule has 1 saturated heterocycles. The summed E-state index contributed by atoms with van der Waals surface area (Å²) in [6, 6.07) is 15.3. The highest BCUT2D eigenvalue weighted by molar-refractivity contribution is 5.92. The first kappa shape index (κ1) is 20.9. The van der Waals surface area contributed by atoms with Gasteiger partial charge in [-0.15, -0.1) is 0 Å². The van der Waals surface area contributed by atoms with Gasteiger partial charge in [0.25, 0.3) is 0 Å². The Kier molecular flexibility index (Phi) is 6.88. The van der Waals surface area contributed by atoms with E-state index in [0.29, 0.717) is 0 Å². The van der Waals surface area contributed by atoms with Crippen LogP contribution in [-0.2, 0) is 9.59 Å². The highest BCUT2D eigenvalue weighted by Gasteiger charge is 2.18. The number of carbonyl (C=O) groups is 2. The molecule has 0 aliphatic carbocycles. The molecule has 1 aliphatic rings. The average molecular weight is 395 g/mol. The Morgan fingerprint density at radius 3 is 2.34 bits per heavy atom. The third-order valence-corrected chi connectivity index (χ3v) is 5.29. The number of hydrogen-bond donors (Lipinski definition) is 2. The van der Waals surface area contributed by atoms with Crippen molar-refractivity contribution in [1.82, 2.24) is 10.2 Å². The molecular formula is C23H30N4O2. The van der Waals surface area contributed by atoms with Gasteiger partial charge in [-0.2, -0.15) is 0 Å². The lowest BCUT2D eigenvalue weighted by molar-refractivity contribution is -0.120. The van der Waals surface area contributed by atoms with Crippen molar-refractivity contribution < 1.29 is 9.59 Å². The average Bonchev–Trinajstić information content (AvgIpc) is 2.69. The quantitative estimate of drug-likeness (QED) is 0.791. The minimum Gasteiger partial charge on any atom is -0.369 e. The van der Waals surface area contributed by atoms with E-state index in [1.807, 2.05) is 42.5 Å². The van der Waals surface area contributed by atoms with Crippen molar-refractivity contribution >= 4 is 23.2 Å². The summed E-state index contributed by atoms with van der Waals surface area (Å²) in [6.45, 7) is 7.68. The summed E-state index contributed by atoms with van der Waals surface area (Å²) in [7, 11) is 2.15. The van der Waals surface area contributed by atoms with Crippen LogP contribution in [-0.4, -0.2) is 49.9 Å². The number of carbonyl (C=O) groups excluding carboxylic acids is 2. The Hall–Kier alpha value is -2.86. The molecule has 0 aromatic heterocycles. The predicted molar refractivity (Wildman–Crippen MR) is 117 cm³/mol. The molecule has 0 radical (unpaired) electrons. The van der Waals surface area contributed by atoms with Crippen molar-refractivity contribution in [3.63, 3.8) is 0 Å². The van der Waals surface area contributed by atoms with Crippen molar-refractivity contribution in [3.05, 3.63) is 59.7 Å². The van der Waals surface area contributed by atoms with Gasteiger partial charge in [0.1, 0.15) is 0 Å². The van der Waals surface area contributed by atoms with E-state index in [2.05, 4.69) is 40.5 Å². The lowest BCUT2D eigenvalue weighted by atomic mass is 10.0. The number of benzene rings is 2. The van der Waals surface area contributed by atoms with Gasteiger partial charge in [0, 0.05) is 44.5 Å². The van der Waals surface area contributed by atoms with Crippen LogP contribution in [0.1, 0.15) is 30.5 Å². The molecular weight excluding hydrogens is 364 g/mol. The number of anilines is 2. The lowest BCUT2D eigenvalue weighted by Gasteiger charge is -2.35.